The van der Waals surface area contributed by atoms with Crippen molar-refractivity contribution in [3.8, 4) is 0 Å². The zero-order chi connectivity index (χ0) is 19.6. The van der Waals surface area contributed by atoms with Gasteiger partial charge in [-0.3, -0.25) is 9.78 Å². The van der Waals surface area contributed by atoms with E-state index in [0.29, 0.717) is 5.92 Å². The first kappa shape index (κ1) is 19.7. The van der Waals surface area contributed by atoms with E-state index in [1.165, 1.54) is 25.3 Å². The van der Waals surface area contributed by atoms with Crippen LogP contribution in [0.3, 0.4) is 0 Å². The number of hydrogen-bond acceptors (Lipinski definition) is 5. The van der Waals surface area contributed by atoms with E-state index in [1.807, 2.05) is 4.72 Å². The van der Waals surface area contributed by atoms with Crippen LogP contribution in [0.1, 0.15) is 39.5 Å². The molecule has 6 nitrogen and oxygen atoms in total. The maximum atomic E-state index is 13.9. The Kier molecular flexibility index (Phi) is 5.76. The first-order valence-electron chi connectivity index (χ1n) is 9.03. The number of benzene rings is 1. The van der Waals surface area contributed by atoms with Gasteiger partial charge in [0.2, 0.25) is 0 Å². The SMILES string of the molecule is C[C@@H]1CCC[C@@H](O[C@@H](C)C(=O)NS(=O)(=O)c2ccc(F)c3ncccc23)C1. The Morgan fingerprint density at radius 1 is 1.33 bits per heavy atom. The van der Waals surface area contributed by atoms with Gasteiger partial charge in [-0.1, -0.05) is 19.8 Å². The summed E-state index contributed by atoms with van der Waals surface area (Å²) < 4.78 is 47.0. The molecular formula is C19H23FN2O4S. The van der Waals surface area contributed by atoms with E-state index in [2.05, 4.69) is 11.9 Å². The highest BCUT2D eigenvalue weighted by molar-refractivity contribution is 7.90. The molecule has 8 heteroatoms. The van der Waals surface area contributed by atoms with E-state index < -0.39 is 27.9 Å². The molecule has 146 valence electrons. The Hall–Kier alpha value is -2.06. The number of pyridine rings is 1. The van der Waals surface area contributed by atoms with E-state index in [0.717, 1.165) is 37.8 Å². The van der Waals surface area contributed by atoms with Gasteiger partial charge in [0.25, 0.3) is 15.9 Å². The van der Waals surface area contributed by atoms with Gasteiger partial charge in [0.1, 0.15) is 17.4 Å². The van der Waals surface area contributed by atoms with E-state index >= 15 is 0 Å². The Labute approximate surface area is 158 Å². The van der Waals surface area contributed by atoms with E-state index in [1.54, 1.807) is 0 Å². The largest absolute Gasteiger partial charge is 0.365 e. The van der Waals surface area contributed by atoms with Crippen LogP contribution in [0.5, 0.6) is 0 Å². The number of ether oxygens (including phenoxy) is 1. The summed E-state index contributed by atoms with van der Waals surface area (Å²) >= 11 is 0. The van der Waals surface area contributed by atoms with Gasteiger partial charge in [-0.05, 0) is 49.9 Å². The number of aromatic nitrogens is 1. The van der Waals surface area contributed by atoms with Crippen LogP contribution in [0.25, 0.3) is 10.9 Å². The molecule has 0 bridgehead atoms. The minimum atomic E-state index is -4.19. The normalized spacial score (nSPS) is 21.7. The molecule has 0 saturated heterocycles. The second-order valence-corrected chi connectivity index (χ2v) is 8.74. The molecule has 27 heavy (non-hydrogen) atoms. The van der Waals surface area contributed by atoms with Crippen molar-refractivity contribution >= 4 is 26.8 Å². The summed E-state index contributed by atoms with van der Waals surface area (Å²) in [5.74, 6) is -0.839. The summed E-state index contributed by atoms with van der Waals surface area (Å²) in [6.07, 6.45) is 4.32. The first-order chi connectivity index (χ1) is 12.8. The van der Waals surface area contributed by atoms with Gasteiger partial charge in [-0.15, -0.1) is 0 Å². The zero-order valence-corrected chi connectivity index (χ0v) is 16.1. The zero-order valence-electron chi connectivity index (χ0n) is 15.3. The molecule has 2 aromatic rings. The molecule has 1 aliphatic carbocycles. The fraction of sp³-hybridized carbons (Fsp3) is 0.474. The van der Waals surface area contributed by atoms with Crippen LogP contribution in [0.2, 0.25) is 0 Å². The standard InChI is InChI=1S/C19H23FN2O4S/c1-12-5-3-6-14(11-12)26-13(2)19(23)22-27(24,25)17-9-8-16(20)18-15(17)7-4-10-21-18/h4,7-10,12-14H,3,5-6,11H2,1-2H3,(H,22,23)/t12-,13+,14-/m1/s1. The molecule has 0 unspecified atom stereocenters. The number of fused-ring (bicyclic) bond motifs is 1. The van der Waals surface area contributed by atoms with Crippen molar-refractivity contribution in [2.24, 2.45) is 5.92 Å². The van der Waals surface area contributed by atoms with Gasteiger partial charge in [0, 0.05) is 11.6 Å². The lowest BCUT2D eigenvalue weighted by atomic mass is 9.88. The minimum Gasteiger partial charge on any atom is -0.365 e. The molecule has 1 heterocycles. The molecule has 1 aromatic carbocycles. The summed E-state index contributed by atoms with van der Waals surface area (Å²) in [6.45, 7) is 3.67. The van der Waals surface area contributed by atoms with Crippen molar-refractivity contribution in [2.75, 3.05) is 0 Å². The highest BCUT2D eigenvalue weighted by atomic mass is 32.2. The summed E-state index contributed by atoms with van der Waals surface area (Å²) in [5, 5.41) is 0.118. The topological polar surface area (TPSA) is 85.4 Å². The molecule has 3 rings (SSSR count). The van der Waals surface area contributed by atoms with E-state index in [-0.39, 0.29) is 21.9 Å². The summed E-state index contributed by atoms with van der Waals surface area (Å²) in [6, 6.07) is 5.12. The number of amides is 1. The number of carbonyl (C=O) groups is 1. The molecule has 0 spiro atoms. The smallest absolute Gasteiger partial charge is 0.264 e. The summed E-state index contributed by atoms with van der Waals surface area (Å²) in [7, 11) is -4.19. The molecule has 3 atom stereocenters. The quantitative estimate of drug-likeness (QED) is 0.842. The number of carbonyl (C=O) groups excluding carboxylic acids is 1. The van der Waals surface area contributed by atoms with Crippen LogP contribution in [0.4, 0.5) is 4.39 Å². The third-order valence-electron chi connectivity index (χ3n) is 4.86. The maximum absolute atomic E-state index is 13.9. The fourth-order valence-electron chi connectivity index (χ4n) is 3.47. The van der Waals surface area contributed by atoms with Crippen molar-refractivity contribution in [3.63, 3.8) is 0 Å². The average Bonchev–Trinajstić information content (AvgIpc) is 2.61. The highest BCUT2D eigenvalue weighted by Gasteiger charge is 2.28. The van der Waals surface area contributed by atoms with Crippen LogP contribution in [0.15, 0.2) is 35.4 Å². The molecule has 0 radical (unpaired) electrons. The van der Waals surface area contributed by atoms with E-state index in [9.17, 15) is 17.6 Å². The molecule has 1 fully saturated rings. The molecule has 1 N–H and O–H groups in total. The number of halogens is 1. The Morgan fingerprint density at radius 2 is 2.11 bits per heavy atom. The predicted octanol–water partition coefficient (Wildman–Crippen LogP) is 3.16. The molecule has 1 saturated carbocycles. The van der Waals surface area contributed by atoms with Gasteiger partial charge >= 0.3 is 0 Å². The van der Waals surface area contributed by atoms with Crippen LogP contribution in [-0.2, 0) is 19.6 Å². The van der Waals surface area contributed by atoms with Gasteiger partial charge in [-0.2, -0.15) is 0 Å². The molecule has 0 aliphatic heterocycles. The summed E-state index contributed by atoms with van der Waals surface area (Å²) in [4.78, 5) is 16.1. The monoisotopic (exact) mass is 394 g/mol. The lowest BCUT2D eigenvalue weighted by Crippen LogP contribution is -2.40. The second kappa shape index (κ2) is 7.90. The number of nitrogens with zero attached hydrogens (tertiary/aromatic N) is 1. The lowest BCUT2D eigenvalue weighted by molar-refractivity contribution is -0.135. The number of nitrogens with one attached hydrogen (secondary N) is 1. The minimum absolute atomic E-state index is 0.0481. The van der Waals surface area contributed by atoms with Crippen molar-refractivity contribution in [1.29, 1.82) is 0 Å². The molecule has 1 amide bonds. The van der Waals surface area contributed by atoms with Crippen LogP contribution in [-0.4, -0.2) is 31.5 Å². The number of rotatable bonds is 5. The first-order valence-corrected chi connectivity index (χ1v) is 10.5. The fourth-order valence-corrected chi connectivity index (χ4v) is 4.71. The van der Waals surface area contributed by atoms with Crippen molar-refractivity contribution in [2.45, 2.75) is 56.6 Å². The van der Waals surface area contributed by atoms with E-state index in [4.69, 9.17) is 4.74 Å². The Bertz CT molecular complexity index is 948. The van der Waals surface area contributed by atoms with Gasteiger partial charge in [-0.25, -0.2) is 17.5 Å². The highest BCUT2D eigenvalue weighted by Crippen LogP contribution is 2.27. The van der Waals surface area contributed by atoms with Crippen LogP contribution >= 0.6 is 0 Å². The number of hydrogen-bond donors (Lipinski definition) is 1. The van der Waals surface area contributed by atoms with Gasteiger partial charge in [0.05, 0.1) is 11.0 Å². The predicted molar refractivity (Wildman–Crippen MR) is 99.0 cm³/mol. The molecule has 1 aromatic heterocycles. The lowest BCUT2D eigenvalue weighted by Gasteiger charge is -2.28. The maximum Gasteiger partial charge on any atom is 0.264 e. The number of sulfonamides is 1. The third-order valence-corrected chi connectivity index (χ3v) is 6.26. The van der Waals surface area contributed by atoms with Gasteiger partial charge in [0.15, 0.2) is 0 Å². The van der Waals surface area contributed by atoms with Crippen LogP contribution < -0.4 is 4.72 Å². The average molecular weight is 394 g/mol. The molecule has 1 aliphatic rings. The Balaban J connectivity index is 1.76. The van der Waals surface area contributed by atoms with Crippen molar-refractivity contribution in [3.05, 3.63) is 36.3 Å². The van der Waals surface area contributed by atoms with Crippen molar-refractivity contribution in [1.82, 2.24) is 9.71 Å². The Morgan fingerprint density at radius 3 is 2.85 bits per heavy atom. The molecular weight excluding hydrogens is 371 g/mol. The summed E-state index contributed by atoms with van der Waals surface area (Å²) in [5.41, 5.74) is -0.0617. The van der Waals surface area contributed by atoms with Gasteiger partial charge < -0.3 is 4.74 Å². The second-order valence-electron chi connectivity index (χ2n) is 7.09. The van der Waals surface area contributed by atoms with Crippen molar-refractivity contribution < 1.29 is 22.3 Å². The van der Waals surface area contributed by atoms with Crippen LogP contribution in [0, 0.1) is 11.7 Å². The third kappa shape index (κ3) is 4.44.